The average Bonchev–Trinajstić information content (AvgIpc) is 2.36. The molecule has 4 heteroatoms. The largest absolute Gasteiger partial charge is 0.444 e. The molecule has 0 atom stereocenters. The minimum atomic E-state index is -0.923. The number of nitrogens with one attached hydrogen (secondary N) is 1. The van der Waals surface area contributed by atoms with Crippen molar-refractivity contribution in [1.29, 1.82) is 0 Å². The standard InChI is InChI=1S/C13H16BNO2/c1-3-11(2)14(17)15-13(16)10-9-12-7-5-4-6-8-12/h3-10,17H,1-2H3,(H,15,16)/b10-9+,11-3+. The van der Waals surface area contributed by atoms with Crippen molar-refractivity contribution >= 4 is 19.0 Å². The second-order valence-electron chi connectivity index (χ2n) is 3.69. The van der Waals surface area contributed by atoms with E-state index in [0.29, 0.717) is 5.47 Å². The highest BCUT2D eigenvalue weighted by Gasteiger charge is 2.14. The Morgan fingerprint density at radius 3 is 2.59 bits per heavy atom. The molecule has 1 aromatic rings. The van der Waals surface area contributed by atoms with Crippen LogP contribution in [0.2, 0.25) is 0 Å². The summed E-state index contributed by atoms with van der Waals surface area (Å²) in [4.78, 5) is 11.5. The molecule has 0 bridgehead atoms. The second kappa shape index (κ2) is 6.71. The molecular weight excluding hydrogens is 213 g/mol. The Hall–Kier alpha value is -1.81. The number of carbonyl (C=O) groups is 1. The van der Waals surface area contributed by atoms with Crippen LogP contribution in [0.3, 0.4) is 0 Å². The first-order chi connectivity index (χ1) is 8.13. The molecule has 0 aliphatic rings. The molecule has 0 aliphatic heterocycles. The molecule has 3 nitrogen and oxygen atoms in total. The quantitative estimate of drug-likeness (QED) is 0.610. The van der Waals surface area contributed by atoms with Crippen molar-refractivity contribution in [3.63, 3.8) is 0 Å². The van der Waals surface area contributed by atoms with Gasteiger partial charge in [-0.25, -0.2) is 0 Å². The van der Waals surface area contributed by atoms with Crippen LogP contribution in [0.1, 0.15) is 19.4 Å². The van der Waals surface area contributed by atoms with E-state index in [1.54, 1.807) is 19.1 Å². The third-order valence-electron chi connectivity index (χ3n) is 2.39. The lowest BCUT2D eigenvalue weighted by Crippen LogP contribution is -2.39. The lowest BCUT2D eigenvalue weighted by Gasteiger charge is -2.06. The summed E-state index contributed by atoms with van der Waals surface area (Å²) in [5, 5.41) is 12.0. The van der Waals surface area contributed by atoms with Crippen LogP contribution in [0.25, 0.3) is 6.08 Å². The first kappa shape index (κ1) is 13.3. The number of hydrogen-bond acceptors (Lipinski definition) is 2. The number of amides is 1. The zero-order valence-electron chi connectivity index (χ0n) is 10.1. The van der Waals surface area contributed by atoms with Crippen molar-refractivity contribution in [2.24, 2.45) is 0 Å². The van der Waals surface area contributed by atoms with Gasteiger partial charge in [0.05, 0.1) is 0 Å². The molecule has 1 aromatic carbocycles. The second-order valence-corrected chi connectivity index (χ2v) is 3.69. The van der Waals surface area contributed by atoms with Crippen molar-refractivity contribution in [2.75, 3.05) is 0 Å². The molecule has 0 aliphatic carbocycles. The fourth-order valence-corrected chi connectivity index (χ4v) is 1.19. The van der Waals surface area contributed by atoms with E-state index >= 15 is 0 Å². The van der Waals surface area contributed by atoms with Crippen LogP contribution in [-0.4, -0.2) is 18.0 Å². The summed E-state index contributed by atoms with van der Waals surface area (Å²) in [7, 11) is -0.923. The summed E-state index contributed by atoms with van der Waals surface area (Å²) in [6.07, 6.45) is 4.86. The van der Waals surface area contributed by atoms with E-state index in [9.17, 15) is 9.82 Å². The fourth-order valence-electron chi connectivity index (χ4n) is 1.19. The van der Waals surface area contributed by atoms with Crippen molar-refractivity contribution in [3.8, 4) is 0 Å². The summed E-state index contributed by atoms with van der Waals surface area (Å²) in [5.41, 5.74) is 1.66. The average molecular weight is 229 g/mol. The maximum absolute atomic E-state index is 11.5. The van der Waals surface area contributed by atoms with Crippen LogP contribution in [0.4, 0.5) is 0 Å². The van der Waals surface area contributed by atoms with Crippen molar-refractivity contribution in [1.82, 2.24) is 5.23 Å². The van der Waals surface area contributed by atoms with E-state index in [2.05, 4.69) is 5.23 Å². The molecule has 0 unspecified atom stereocenters. The van der Waals surface area contributed by atoms with Crippen LogP contribution >= 0.6 is 0 Å². The third-order valence-corrected chi connectivity index (χ3v) is 2.39. The molecule has 1 amide bonds. The zero-order valence-corrected chi connectivity index (χ0v) is 10.1. The van der Waals surface area contributed by atoms with E-state index < -0.39 is 7.05 Å². The molecule has 2 N–H and O–H groups in total. The minimum absolute atomic E-state index is 0.317. The van der Waals surface area contributed by atoms with E-state index in [1.165, 1.54) is 6.08 Å². The SMILES string of the molecule is C/C=C(\C)B(O)NC(=O)/C=C/c1ccccc1. The fraction of sp³-hybridized carbons (Fsp3) is 0.154. The Labute approximate surface area is 102 Å². The van der Waals surface area contributed by atoms with Crippen LogP contribution < -0.4 is 5.23 Å². The summed E-state index contributed by atoms with van der Waals surface area (Å²) in [6, 6.07) is 9.51. The monoisotopic (exact) mass is 229 g/mol. The molecule has 0 spiro atoms. The first-order valence-corrected chi connectivity index (χ1v) is 5.48. The normalized spacial score (nSPS) is 11.6. The van der Waals surface area contributed by atoms with Gasteiger partial charge in [0.15, 0.2) is 0 Å². The summed E-state index contributed by atoms with van der Waals surface area (Å²) >= 11 is 0. The Bertz CT molecular complexity index is 426. The zero-order chi connectivity index (χ0) is 12.7. The number of hydrogen-bond donors (Lipinski definition) is 2. The van der Waals surface area contributed by atoms with Gasteiger partial charge in [0, 0.05) is 6.08 Å². The molecule has 17 heavy (non-hydrogen) atoms. The van der Waals surface area contributed by atoms with Gasteiger partial charge in [0.2, 0.25) is 5.91 Å². The van der Waals surface area contributed by atoms with Gasteiger partial charge < -0.3 is 10.3 Å². The van der Waals surface area contributed by atoms with Gasteiger partial charge >= 0.3 is 7.05 Å². The predicted molar refractivity (Wildman–Crippen MR) is 71.0 cm³/mol. The highest BCUT2D eigenvalue weighted by atomic mass is 16.2. The number of carbonyl (C=O) groups excluding carboxylic acids is 1. The Balaban J connectivity index is 2.53. The number of allylic oxidation sites excluding steroid dienone is 2. The molecule has 0 fully saturated rings. The van der Waals surface area contributed by atoms with Gasteiger partial charge in [-0.3, -0.25) is 4.79 Å². The topological polar surface area (TPSA) is 49.3 Å². The van der Waals surface area contributed by atoms with Crippen molar-refractivity contribution in [3.05, 3.63) is 53.5 Å². The highest BCUT2D eigenvalue weighted by molar-refractivity contribution is 6.59. The molecule has 0 heterocycles. The molecule has 0 saturated carbocycles. The summed E-state index contributed by atoms with van der Waals surface area (Å²) in [6.45, 7) is 3.57. The van der Waals surface area contributed by atoms with Gasteiger partial charge in [-0.15, -0.1) is 0 Å². The van der Waals surface area contributed by atoms with Crippen LogP contribution in [0.5, 0.6) is 0 Å². The first-order valence-electron chi connectivity index (χ1n) is 5.48. The van der Waals surface area contributed by atoms with Crippen LogP contribution in [-0.2, 0) is 4.79 Å². The minimum Gasteiger partial charge on any atom is -0.429 e. The highest BCUT2D eigenvalue weighted by Crippen LogP contribution is 2.00. The van der Waals surface area contributed by atoms with Gasteiger partial charge in [-0.2, -0.15) is 0 Å². The lowest BCUT2D eigenvalue weighted by molar-refractivity contribution is -0.115. The lowest BCUT2D eigenvalue weighted by atomic mass is 9.74. The molecule has 1 rings (SSSR count). The molecule has 0 saturated heterocycles. The van der Waals surface area contributed by atoms with Crippen molar-refractivity contribution < 1.29 is 9.82 Å². The molecule has 88 valence electrons. The maximum atomic E-state index is 11.5. The van der Waals surface area contributed by atoms with Gasteiger partial charge in [-0.05, 0) is 25.5 Å². The summed E-state index contributed by atoms with van der Waals surface area (Å²) < 4.78 is 0. The van der Waals surface area contributed by atoms with Gasteiger partial charge in [0.25, 0.3) is 0 Å². The third kappa shape index (κ3) is 4.70. The van der Waals surface area contributed by atoms with E-state index in [4.69, 9.17) is 0 Å². The van der Waals surface area contributed by atoms with Crippen LogP contribution in [0, 0.1) is 0 Å². The molecular formula is C13H16BNO2. The number of rotatable bonds is 4. The van der Waals surface area contributed by atoms with E-state index in [0.717, 1.165) is 5.56 Å². The predicted octanol–water partition coefficient (Wildman–Crippen LogP) is 1.80. The van der Waals surface area contributed by atoms with Gasteiger partial charge in [-0.1, -0.05) is 41.9 Å². The summed E-state index contributed by atoms with van der Waals surface area (Å²) in [5.74, 6) is -0.317. The van der Waals surface area contributed by atoms with Crippen LogP contribution in [0.15, 0.2) is 48.0 Å². The Morgan fingerprint density at radius 1 is 1.35 bits per heavy atom. The van der Waals surface area contributed by atoms with Crippen molar-refractivity contribution in [2.45, 2.75) is 13.8 Å². The smallest absolute Gasteiger partial charge is 0.429 e. The Kier molecular flexibility index (Phi) is 5.23. The molecule has 0 aromatic heterocycles. The number of benzene rings is 1. The maximum Gasteiger partial charge on any atom is 0.444 e. The van der Waals surface area contributed by atoms with E-state index in [1.807, 2.05) is 37.3 Å². The van der Waals surface area contributed by atoms with E-state index in [-0.39, 0.29) is 5.91 Å². The molecule has 0 radical (unpaired) electrons. The Morgan fingerprint density at radius 2 is 2.00 bits per heavy atom. The van der Waals surface area contributed by atoms with Gasteiger partial charge in [0.1, 0.15) is 0 Å².